The molecule has 0 saturated carbocycles. The predicted octanol–water partition coefficient (Wildman–Crippen LogP) is 2.56. The molecule has 0 spiro atoms. The summed E-state index contributed by atoms with van der Waals surface area (Å²) < 4.78 is 0. The first-order valence-electron chi connectivity index (χ1n) is 6.56. The Morgan fingerprint density at radius 1 is 1.27 bits per heavy atom. The van der Waals surface area contributed by atoms with Gasteiger partial charge in [0.2, 0.25) is 0 Å². The minimum atomic E-state index is -0.0793. The fourth-order valence-corrected chi connectivity index (χ4v) is 2.05. The van der Waals surface area contributed by atoms with Crippen LogP contribution in [0.2, 0.25) is 0 Å². The van der Waals surface area contributed by atoms with E-state index in [2.05, 4.69) is 26.1 Å². The van der Waals surface area contributed by atoms with E-state index in [0.29, 0.717) is 5.92 Å². The maximum atomic E-state index is 9.79. The first-order chi connectivity index (χ1) is 7.15. The SMILES string of the molecule is CCC(C)C(O)CCCCC(C)C1CN1. The van der Waals surface area contributed by atoms with E-state index in [1.54, 1.807) is 0 Å². The van der Waals surface area contributed by atoms with Crippen LogP contribution in [0.5, 0.6) is 0 Å². The third-order valence-corrected chi connectivity index (χ3v) is 3.84. The number of aliphatic hydroxyl groups excluding tert-OH is 1. The molecule has 4 unspecified atom stereocenters. The Balaban J connectivity index is 1.95. The molecule has 0 bridgehead atoms. The molecule has 0 radical (unpaired) electrons. The first-order valence-corrected chi connectivity index (χ1v) is 6.56. The molecule has 1 aliphatic rings. The van der Waals surface area contributed by atoms with Crippen LogP contribution in [0, 0.1) is 11.8 Å². The predicted molar refractivity (Wildman–Crippen MR) is 64.9 cm³/mol. The summed E-state index contributed by atoms with van der Waals surface area (Å²) >= 11 is 0. The van der Waals surface area contributed by atoms with Crippen molar-refractivity contribution in [1.82, 2.24) is 5.32 Å². The summed E-state index contributed by atoms with van der Waals surface area (Å²) in [7, 11) is 0. The van der Waals surface area contributed by atoms with Gasteiger partial charge in [0.15, 0.2) is 0 Å². The van der Waals surface area contributed by atoms with Crippen molar-refractivity contribution in [2.75, 3.05) is 6.54 Å². The second kappa shape index (κ2) is 6.49. The van der Waals surface area contributed by atoms with Crippen LogP contribution in [0.4, 0.5) is 0 Å². The van der Waals surface area contributed by atoms with Crippen molar-refractivity contribution in [3.8, 4) is 0 Å². The Labute approximate surface area is 94.5 Å². The normalized spacial score (nSPS) is 26.0. The van der Waals surface area contributed by atoms with Gasteiger partial charge in [-0.3, -0.25) is 0 Å². The molecule has 1 rings (SSSR count). The molecule has 2 nitrogen and oxygen atoms in total. The van der Waals surface area contributed by atoms with E-state index in [9.17, 15) is 5.11 Å². The van der Waals surface area contributed by atoms with Crippen LogP contribution in [0.3, 0.4) is 0 Å². The number of aliphatic hydroxyl groups is 1. The van der Waals surface area contributed by atoms with Gasteiger partial charge in [0.1, 0.15) is 0 Å². The summed E-state index contributed by atoms with van der Waals surface area (Å²) in [5.41, 5.74) is 0. The average molecular weight is 213 g/mol. The first kappa shape index (κ1) is 13.0. The quantitative estimate of drug-likeness (QED) is 0.480. The van der Waals surface area contributed by atoms with Gasteiger partial charge >= 0.3 is 0 Å². The minimum Gasteiger partial charge on any atom is -0.393 e. The highest BCUT2D eigenvalue weighted by molar-refractivity contribution is 4.87. The second-order valence-electron chi connectivity index (χ2n) is 5.23. The highest BCUT2D eigenvalue weighted by atomic mass is 16.3. The second-order valence-corrected chi connectivity index (χ2v) is 5.23. The van der Waals surface area contributed by atoms with Gasteiger partial charge in [-0.15, -0.1) is 0 Å². The van der Waals surface area contributed by atoms with Crippen molar-refractivity contribution < 1.29 is 5.11 Å². The largest absolute Gasteiger partial charge is 0.393 e. The van der Waals surface area contributed by atoms with Crippen molar-refractivity contribution in [3.63, 3.8) is 0 Å². The molecule has 0 aromatic carbocycles. The van der Waals surface area contributed by atoms with Crippen molar-refractivity contribution in [2.24, 2.45) is 11.8 Å². The van der Waals surface area contributed by atoms with E-state index in [-0.39, 0.29) is 6.10 Å². The summed E-state index contributed by atoms with van der Waals surface area (Å²) in [6.45, 7) is 7.84. The Bertz CT molecular complexity index is 168. The van der Waals surface area contributed by atoms with Gasteiger partial charge in [0, 0.05) is 12.6 Å². The van der Waals surface area contributed by atoms with E-state index in [1.807, 2.05) is 0 Å². The summed E-state index contributed by atoms with van der Waals surface area (Å²) in [6, 6.07) is 0.796. The average Bonchev–Trinajstić information content (AvgIpc) is 3.06. The summed E-state index contributed by atoms with van der Waals surface area (Å²) in [6.07, 6.45) is 5.76. The highest BCUT2D eigenvalue weighted by Crippen LogP contribution is 2.20. The van der Waals surface area contributed by atoms with E-state index in [0.717, 1.165) is 24.8 Å². The van der Waals surface area contributed by atoms with E-state index < -0.39 is 0 Å². The van der Waals surface area contributed by atoms with Gasteiger partial charge in [0.25, 0.3) is 0 Å². The molecule has 0 aromatic heterocycles. The van der Waals surface area contributed by atoms with Crippen molar-refractivity contribution in [3.05, 3.63) is 0 Å². The zero-order chi connectivity index (χ0) is 11.3. The van der Waals surface area contributed by atoms with Crippen LogP contribution in [0.15, 0.2) is 0 Å². The monoisotopic (exact) mass is 213 g/mol. The lowest BCUT2D eigenvalue weighted by molar-refractivity contribution is 0.102. The lowest BCUT2D eigenvalue weighted by Gasteiger charge is -2.17. The lowest BCUT2D eigenvalue weighted by atomic mass is 9.94. The molecular weight excluding hydrogens is 186 g/mol. The molecule has 2 heteroatoms. The standard InChI is InChI=1S/C13H27NO/c1-4-10(2)13(15)8-6-5-7-11(3)12-9-14-12/h10-15H,4-9H2,1-3H3. The van der Waals surface area contributed by atoms with Gasteiger partial charge in [-0.1, -0.05) is 40.0 Å². The number of rotatable bonds is 8. The summed E-state index contributed by atoms with van der Waals surface area (Å²) in [5, 5.41) is 13.2. The molecular formula is C13H27NO. The highest BCUT2D eigenvalue weighted by Gasteiger charge is 2.26. The smallest absolute Gasteiger partial charge is 0.0565 e. The van der Waals surface area contributed by atoms with Crippen molar-refractivity contribution in [2.45, 2.75) is 65.0 Å². The molecule has 0 aliphatic carbocycles. The Kier molecular flexibility index (Phi) is 5.62. The Morgan fingerprint density at radius 3 is 2.40 bits per heavy atom. The molecule has 90 valence electrons. The molecule has 1 aliphatic heterocycles. The topological polar surface area (TPSA) is 42.2 Å². The van der Waals surface area contributed by atoms with Crippen LogP contribution in [-0.2, 0) is 0 Å². The summed E-state index contributed by atoms with van der Waals surface area (Å²) in [5.74, 6) is 1.29. The van der Waals surface area contributed by atoms with E-state index in [1.165, 1.54) is 25.8 Å². The van der Waals surface area contributed by atoms with Gasteiger partial charge < -0.3 is 10.4 Å². The van der Waals surface area contributed by atoms with Crippen molar-refractivity contribution >= 4 is 0 Å². The Hall–Kier alpha value is -0.0800. The van der Waals surface area contributed by atoms with Gasteiger partial charge in [-0.25, -0.2) is 0 Å². The van der Waals surface area contributed by atoms with Crippen LogP contribution in [0.25, 0.3) is 0 Å². The van der Waals surface area contributed by atoms with Gasteiger partial charge in [-0.05, 0) is 24.7 Å². The third kappa shape index (κ3) is 4.98. The van der Waals surface area contributed by atoms with Crippen LogP contribution in [0.1, 0.15) is 52.9 Å². The number of unbranched alkanes of at least 4 members (excludes halogenated alkanes) is 1. The lowest BCUT2D eigenvalue weighted by Crippen LogP contribution is -2.16. The molecule has 0 aromatic rings. The molecule has 1 heterocycles. The maximum Gasteiger partial charge on any atom is 0.0565 e. The number of hydrogen-bond acceptors (Lipinski definition) is 2. The molecule has 15 heavy (non-hydrogen) atoms. The third-order valence-electron chi connectivity index (χ3n) is 3.84. The van der Waals surface area contributed by atoms with Crippen LogP contribution < -0.4 is 5.32 Å². The number of nitrogens with one attached hydrogen (secondary N) is 1. The zero-order valence-electron chi connectivity index (χ0n) is 10.5. The zero-order valence-corrected chi connectivity index (χ0v) is 10.5. The number of hydrogen-bond donors (Lipinski definition) is 2. The van der Waals surface area contributed by atoms with Gasteiger partial charge in [0.05, 0.1) is 6.10 Å². The Morgan fingerprint density at radius 2 is 1.87 bits per heavy atom. The fourth-order valence-electron chi connectivity index (χ4n) is 2.05. The van der Waals surface area contributed by atoms with E-state index in [4.69, 9.17) is 0 Å². The van der Waals surface area contributed by atoms with Crippen LogP contribution >= 0.6 is 0 Å². The maximum absolute atomic E-state index is 9.79. The minimum absolute atomic E-state index is 0.0793. The fraction of sp³-hybridized carbons (Fsp3) is 1.00. The molecule has 0 amide bonds. The molecule has 2 N–H and O–H groups in total. The van der Waals surface area contributed by atoms with Gasteiger partial charge in [-0.2, -0.15) is 0 Å². The van der Waals surface area contributed by atoms with E-state index >= 15 is 0 Å². The molecule has 1 saturated heterocycles. The molecule has 1 fully saturated rings. The molecule has 4 atom stereocenters. The van der Waals surface area contributed by atoms with Crippen molar-refractivity contribution in [1.29, 1.82) is 0 Å². The van der Waals surface area contributed by atoms with Crippen LogP contribution in [-0.4, -0.2) is 23.8 Å². The summed E-state index contributed by atoms with van der Waals surface area (Å²) in [4.78, 5) is 0.